The summed E-state index contributed by atoms with van der Waals surface area (Å²) < 4.78 is 1.95. The first-order valence-corrected chi connectivity index (χ1v) is 7.63. The Morgan fingerprint density at radius 2 is 2.00 bits per heavy atom. The van der Waals surface area contributed by atoms with Crippen LogP contribution in [0.4, 0.5) is 0 Å². The van der Waals surface area contributed by atoms with E-state index in [-0.39, 0.29) is 24.6 Å². The number of β-amino-alcohol motifs (C(OH)–C–C–N with tert-alkyl or cyclic N) is 1. The summed E-state index contributed by atoms with van der Waals surface area (Å²) in [6.45, 7) is 10.5. The summed E-state index contributed by atoms with van der Waals surface area (Å²) in [7, 11) is 0. The third kappa shape index (κ3) is 3.44. The first-order valence-electron chi connectivity index (χ1n) is 7.63. The summed E-state index contributed by atoms with van der Waals surface area (Å²) in [5, 5.41) is 9.13. The van der Waals surface area contributed by atoms with E-state index in [9.17, 15) is 4.79 Å². The van der Waals surface area contributed by atoms with Gasteiger partial charge < -0.3 is 14.6 Å². The normalized spacial score (nSPS) is 23.8. The van der Waals surface area contributed by atoms with Crippen LogP contribution in [0, 0.1) is 0 Å². The maximum Gasteiger partial charge on any atom is 0.274 e. The molecule has 1 fully saturated rings. The average Bonchev–Trinajstić information content (AvgIpc) is 2.91. The van der Waals surface area contributed by atoms with Crippen molar-refractivity contribution in [2.75, 3.05) is 26.2 Å². The topological polar surface area (TPSA) is 61.6 Å². The molecule has 1 aromatic rings. The molecule has 0 bridgehead atoms. The molecule has 1 N–H and O–H groups in total. The fourth-order valence-corrected chi connectivity index (χ4v) is 2.97. The van der Waals surface area contributed by atoms with E-state index >= 15 is 0 Å². The smallest absolute Gasteiger partial charge is 0.274 e. The van der Waals surface area contributed by atoms with Crippen molar-refractivity contribution in [2.24, 2.45) is 0 Å². The van der Waals surface area contributed by atoms with Gasteiger partial charge in [0.05, 0.1) is 12.9 Å². The van der Waals surface area contributed by atoms with Gasteiger partial charge in [0.25, 0.3) is 5.91 Å². The molecule has 6 nitrogen and oxygen atoms in total. The molecule has 0 spiro atoms. The highest BCUT2D eigenvalue weighted by Gasteiger charge is 2.32. The van der Waals surface area contributed by atoms with E-state index in [0.29, 0.717) is 31.4 Å². The van der Waals surface area contributed by atoms with Crippen molar-refractivity contribution in [3.8, 4) is 0 Å². The van der Waals surface area contributed by atoms with E-state index in [2.05, 4.69) is 37.6 Å². The van der Waals surface area contributed by atoms with Gasteiger partial charge in [0, 0.05) is 44.0 Å². The highest BCUT2D eigenvalue weighted by Crippen LogP contribution is 2.17. The number of amides is 1. The summed E-state index contributed by atoms with van der Waals surface area (Å²) >= 11 is 0. The Labute approximate surface area is 126 Å². The van der Waals surface area contributed by atoms with Gasteiger partial charge in [-0.3, -0.25) is 9.69 Å². The summed E-state index contributed by atoms with van der Waals surface area (Å²) in [5.74, 6) is -0.00301. The van der Waals surface area contributed by atoms with Crippen molar-refractivity contribution in [1.82, 2.24) is 19.4 Å². The lowest BCUT2D eigenvalue weighted by molar-refractivity contribution is 0.0233. The maximum atomic E-state index is 12.6. The quantitative estimate of drug-likeness (QED) is 0.899. The van der Waals surface area contributed by atoms with E-state index < -0.39 is 0 Å². The number of carbonyl (C=O) groups is 1. The third-order valence-electron chi connectivity index (χ3n) is 4.16. The molecule has 1 aliphatic heterocycles. The van der Waals surface area contributed by atoms with Gasteiger partial charge >= 0.3 is 0 Å². The minimum atomic E-state index is -0.00301. The first kappa shape index (κ1) is 16.0. The Balaban J connectivity index is 2.06. The second-order valence-electron chi connectivity index (χ2n) is 6.17. The lowest BCUT2D eigenvalue weighted by Gasteiger charge is -2.44. The molecule has 1 saturated heterocycles. The molecule has 21 heavy (non-hydrogen) atoms. The van der Waals surface area contributed by atoms with Gasteiger partial charge in [-0.05, 0) is 27.7 Å². The first-order chi connectivity index (χ1) is 9.93. The maximum absolute atomic E-state index is 12.6. The number of imidazole rings is 1. The van der Waals surface area contributed by atoms with Gasteiger partial charge in [-0.1, -0.05) is 0 Å². The van der Waals surface area contributed by atoms with Crippen molar-refractivity contribution >= 4 is 5.91 Å². The van der Waals surface area contributed by atoms with Gasteiger partial charge in [-0.15, -0.1) is 0 Å². The second-order valence-corrected chi connectivity index (χ2v) is 6.17. The fourth-order valence-electron chi connectivity index (χ4n) is 2.97. The average molecular weight is 294 g/mol. The molecular formula is C15H26N4O2. The minimum absolute atomic E-state index is 0.00301. The van der Waals surface area contributed by atoms with Crippen molar-refractivity contribution in [3.05, 3.63) is 18.2 Å². The molecular weight excluding hydrogens is 268 g/mol. The Morgan fingerprint density at radius 3 is 2.48 bits per heavy atom. The van der Waals surface area contributed by atoms with Crippen molar-refractivity contribution in [3.63, 3.8) is 0 Å². The molecule has 6 heteroatoms. The van der Waals surface area contributed by atoms with Crippen LogP contribution in [0.25, 0.3) is 0 Å². The molecule has 2 atom stereocenters. The van der Waals surface area contributed by atoms with Gasteiger partial charge in [0.1, 0.15) is 5.69 Å². The van der Waals surface area contributed by atoms with Crippen LogP contribution >= 0.6 is 0 Å². The van der Waals surface area contributed by atoms with Crippen LogP contribution < -0.4 is 0 Å². The van der Waals surface area contributed by atoms with Crippen LogP contribution in [0.15, 0.2) is 12.5 Å². The second kappa shape index (κ2) is 6.58. The zero-order chi connectivity index (χ0) is 15.6. The molecule has 0 aliphatic carbocycles. The Morgan fingerprint density at radius 1 is 1.38 bits per heavy atom. The van der Waals surface area contributed by atoms with E-state index in [4.69, 9.17) is 5.11 Å². The molecule has 0 radical (unpaired) electrons. The van der Waals surface area contributed by atoms with Crippen LogP contribution in [0.5, 0.6) is 0 Å². The number of rotatable bonds is 4. The highest BCUT2D eigenvalue weighted by molar-refractivity contribution is 5.92. The molecule has 1 aromatic heterocycles. The predicted octanol–water partition coefficient (Wildman–Crippen LogP) is 0.991. The zero-order valence-electron chi connectivity index (χ0n) is 13.4. The van der Waals surface area contributed by atoms with Crippen LogP contribution in [0.3, 0.4) is 0 Å². The van der Waals surface area contributed by atoms with Crippen LogP contribution in [0.1, 0.15) is 44.2 Å². The van der Waals surface area contributed by atoms with Gasteiger partial charge in [-0.25, -0.2) is 4.98 Å². The number of hydrogen-bond acceptors (Lipinski definition) is 4. The Bertz CT molecular complexity index is 474. The van der Waals surface area contributed by atoms with Crippen LogP contribution in [0.2, 0.25) is 0 Å². The molecule has 0 unspecified atom stereocenters. The van der Waals surface area contributed by atoms with Crippen LogP contribution in [-0.2, 0) is 0 Å². The molecule has 1 amide bonds. The lowest BCUT2D eigenvalue weighted by atomic mass is 10.1. The minimum Gasteiger partial charge on any atom is -0.395 e. The number of aliphatic hydroxyl groups is 1. The molecule has 0 aromatic carbocycles. The van der Waals surface area contributed by atoms with Crippen molar-refractivity contribution in [2.45, 2.75) is 45.8 Å². The summed E-state index contributed by atoms with van der Waals surface area (Å²) in [6, 6.07) is 0.798. The molecule has 2 heterocycles. The van der Waals surface area contributed by atoms with Gasteiger partial charge in [0.15, 0.2) is 0 Å². The van der Waals surface area contributed by atoms with Crippen LogP contribution in [-0.4, -0.2) is 68.7 Å². The largest absolute Gasteiger partial charge is 0.395 e. The number of aliphatic hydroxyl groups excluding tert-OH is 1. The molecule has 118 valence electrons. The van der Waals surface area contributed by atoms with Crippen molar-refractivity contribution < 1.29 is 9.90 Å². The Hall–Kier alpha value is -1.40. The standard InChI is InChI=1S/C15H26N4O2/c1-11(2)18-9-14(16-10-18)15(21)17-7-12(3)19(5-6-20)13(4)8-17/h9-13,20H,5-8H2,1-4H3/t12-,13+. The number of hydrogen-bond donors (Lipinski definition) is 1. The SMILES string of the molecule is CC(C)n1cnc(C(=O)N2C[C@@H](C)N(CCO)[C@@H](C)C2)c1. The summed E-state index contributed by atoms with van der Waals surface area (Å²) in [6.07, 6.45) is 3.54. The van der Waals surface area contributed by atoms with E-state index in [1.165, 1.54) is 0 Å². The zero-order valence-corrected chi connectivity index (χ0v) is 13.4. The van der Waals surface area contributed by atoms with Gasteiger partial charge in [-0.2, -0.15) is 0 Å². The molecule has 0 saturated carbocycles. The highest BCUT2D eigenvalue weighted by atomic mass is 16.3. The van der Waals surface area contributed by atoms with Gasteiger partial charge in [0.2, 0.25) is 0 Å². The van der Waals surface area contributed by atoms with E-state index in [1.807, 2.05) is 15.7 Å². The Kier molecular flexibility index (Phi) is 5.00. The monoisotopic (exact) mass is 294 g/mol. The van der Waals surface area contributed by atoms with Crippen molar-refractivity contribution in [1.29, 1.82) is 0 Å². The number of nitrogens with zero attached hydrogens (tertiary/aromatic N) is 4. The third-order valence-corrected chi connectivity index (χ3v) is 4.16. The fraction of sp³-hybridized carbons (Fsp3) is 0.733. The molecule has 1 aliphatic rings. The summed E-state index contributed by atoms with van der Waals surface area (Å²) in [4.78, 5) is 20.9. The molecule has 2 rings (SSSR count). The number of carbonyl (C=O) groups excluding carboxylic acids is 1. The van der Waals surface area contributed by atoms with E-state index in [1.54, 1.807) is 6.33 Å². The predicted molar refractivity (Wildman–Crippen MR) is 81.2 cm³/mol. The van der Waals surface area contributed by atoms with E-state index in [0.717, 1.165) is 0 Å². The number of piperazine rings is 1. The lowest BCUT2D eigenvalue weighted by Crippen LogP contribution is -2.58. The number of aromatic nitrogens is 2. The summed E-state index contributed by atoms with van der Waals surface area (Å²) in [5.41, 5.74) is 0.513.